The molecule has 2 aromatic rings. The zero-order valence-corrected chi connectivity index (χ0v) is 19.2. The summed E-state index contributed by atoms with van der Waals surface area (Å²) in [6, 6.07) is 4.34. The van der Waals surface area contributed by atoms with Crippen LogP contribution in [0, 0.1) is 10.8 Å². The highest BCUT2D eigenvalue weighted by Gasteiger charge is 2.46. The summed E-state index contributed by atoms with van der Waals surface area (Å²) in [5.74, 6) is -1.85. The first-order chi connectivity index (χ1) is 15.2. The van der Waals surface area contributed by atoms with Gasteiger partial charge in [0, 0.05) is 25.7 Å². The molecular weight excluding hydrogens is 439 g/mol. The Kier molecular flexibility index (Phi) is 6.54. The second-order valence-electron chi connectivity index (χ2n) is 9.68. The largest absolute Gasteiger partial charge is 0.471 e. The Morgan fingerprint density at radius 1 is 1.30 bits per heavy atom. The molecule has 0 radical (unpaired) electrons. The van der Waals surface area contributed by atoms with E-state index in [0.717, 1.165) is 10.5 Å². The number of carbonyl (C=O) groups excluding carboxylic acids is 1. The van der Waals surface area contributed by atoms with E-state index < -0.39 is 24.2 Å². The van der Waals surface area contributed by atoms with E-state index >= 15 is 0 Å². The van der Waals surface area contributed by atoms with Gasteiger partial charge in [-0.15, -0.1) is 0 Å². The monoisotopic (exact) mass is 469 g/mol. The van der Waals surface area contributed by atoms with Gasteiger partial charge < -0.3 is 24.5 Å². The number of alkyl halides is 3. The maximum atomic E-state index is 12.9. The first-order valence-corrected chi connectivity index (χ1v) is 10.8. The van der Waals surface area contributed by atoms with Crippen LogP contribution >= 0.6 is 0 Å². The molecule has 8 nitrogen and oxygen atoms in total. The number of carboxylic acid groups (broad SMARTS) is 1. The lowest BCUT2D eigenvalue weighted by molar-refractivity contribution is -0.186. The molecule has 1 aromatic heterocycles. The number of H-pyrrole nitrogens is 1. The SMILES string of the molecule is CC(N(Cc1ccc2c(c1)[nH]c(=N)n2CC1CCCN1C(=O)C(F)(F)F)C(=O)O)C(C)(C)C. The van der Waals surface area contributed by atoms with Crippen molar-refractivity contribution >= 4 is 23.0 Å². The highest BCUT2D eigenvalue weighted by atomic mass is 19.4. The van der Waals surface area contributed by atoms with Gasteiger partial charge in [-0.3, -0.25) is 10.2 Å². The van der Waals surface area contributed by atoms with Crippen molar-refractivity contribution in [3.8, 4) is 0 Å². The van der Waals surface area contributed by atoms with E-state index in [1.807, 2.05) is 27.7 Å². The zero-order valence-electron chi connectivity index (χ0n) is 19.2. The van der Waals surface area contributed by atoms with E-state index in [-0.39, 0.29) is 36.7 Å². The fraction of sp³-hybridized carbons (Fsp3) is 0.591. The third-order valence-electron chi connectivity index (χ3n) is 6.47. The van der Waals surface area contributed by atoms with Crippen molar-refractivity contribution in [3.63, 3.8) is 0 Å². The fourth-order valence-electron chi connectivity index (χ4n) is 4.22. The van der Waals surface area contributed by atoms with Gasteiger partial charge in [0.25, 0.3) is 0 Å². The van der Waals surface area contributed by atoms with Crippen LogP contribution in [-0.4, -0.2) is 61.3 Å². The normalized spacial score (nSPS) is 18.0. The number of halogens is 3. The topological polar surface area (TPSA) is 105 Å². The van der Waals surface area contributed by atoms with Crippen LogP contribution in [0.1, 0.15) is 46.1 Å². The molecule has 1 saturated heterocycles. The molecule has 33 heavy (non-hydrogen) atoms. The van der Waals surface area contributed by atoms with Gasteiger partial charge in [-0.05, 0) is 42.9 Å². The van der Waals surface area contributed by atoms with Crippen LogP contribution in [0.25, 0.3) is 11.0 Å². The Morgan fingerprint density at radius 2 is 1.97 bits per heavy atom. The summed E-state index contributed by atoms with van der Waals surface area (Å²) < 4.78 is 40.4. The van der Waals surface area contributed by atoms with Gasteiger partial charge in [0.15, 0.2) is 5.62 Å². The summed E-state index contributed by atoms with van der Waals surface area (Å²) in [6.45, 7) is 8.02. The molecule has 11 heteroatoms. The molecule has 0 spiro atoms. The number of amides is 2. The molecule has 0 bridgehead atoms. The third kappa shape index (κ3) is 5.17. The highest BCUT2D eigenvalue weighted by molar-refractivity contribution is 5.82. The minimum Gasteiger partial charge on any atom is -0.465 e. The summed E-state index contributed by atoms with van der Waals surface area (Å²) in [6.07, 6.45) is -5.05. The van der Waals surface area contributed by atoms with E-state index in [0.29, 0.717) is 23.9 Å². The quantitative estimate of drug-likeness (QED) is 0.618. The lowest BCUT2D eigenvalue weighted by Crippen LogP contribution is -2.46. The minimum atomic E-state index is -4.92. The number of likely N-dealkylation sites (tertiary alicyclic amines) is 1. The highest BCUT2D eigenvalue weighted by Crippen LogP contribution is 2.28. The summed E-state index contributed by atoms with van der Waals surface area (Å²) in [4.78, 5) is 28.7. The van der Waals surface area contributed by atoms with E-state index in [1.54, 1.807) is 22.8 Å². The molecule has 3 N–H and O–H groups in total. The van der Waals surface area contributed by atoms with Crippen molar-refractivity contribution in [2.75, 3.05) is 6.54 Å². The summed E-state index contributed by atoms with van der Waals surface area (Å²) in [5, 5.41) is 18.0. The van der Waals surface area contributed by atoms with E-state index in [9.17, 15) is 27.9 Å². The molecule has 3 rings (SSSR count). The molecule has 0 saturated carbocycles. The van der Waals surface area contributed by atoms with Crippen molar-refractivity contribution in [1.29, 1.82) is 5.41 Å². The van der Waals surface area contributed by atoms with Crippen molar-refractivity contribution in [2.45, 2.75) is 71.9 Å². The Morgan fingerprint density at radius 3 is 2.55 bits per heavy atom. The number of imidazole rings is 1. The van der Waals surface area contributed by atoms with Crippen molar-refractivity contribution < 1.29 is 27.9 Å². The smallest absolute Gasteiger partial charge is 0.465 e. The summed E-state index contributed by atoms with van der Waals surface area (Å²) in [5.41, 5.74) is 1.67. The molecule has 1 aromatic carbocycles. The van der Waals surface area contributed by atoms with Crippen molar-refractivity contribution in [1.82, 2.24) is 19.4 Å². The maximum absolute atomic E-state index is 12.9. The number of hydrogen-bond acceptors (Lipinski definition) is 3. The van der Waals surface area contributed by atoms with Gasteiger partial charge in [0.1, 0.15) is 0 Å². The van der Waals surface area contributed by atoms with Crippen LogP contribution in [0.2, 0.25) is 0 Å². The number of benzene rings is 1. The van der Waals surface area contributed by atoms with Crippen LogP contribution in [0.15, 0.2) is 18.2 Å². The predicted octanol–water partition coefficient (Wildman–Crippen LogP) is 3.92. The number of rotatable bonds is 5. The fourth-order valence-corrected chi connectivity index (χ4v) is 4.22. The van der Waals surface area contributed by atoms with Crippen LogP contribution in [-0.2, 0) is 17.9 Å². The average Bonchev–Trinajstić information content (AvgIpc) is 3.27. The standard InChI is InChI=1S/C22H30F3N5O3/c1-13(21(2,3)4)29(20(32)33)11-14-7-8-17-16(10-14)27-19(26)30(17)12-15-6-5-9-28(15)18(31)22(23,24)25/h7-8,10,13,15H,5-6,9,11-12H2,1-4H3,(H2,26,27)(H,32,33). The Labute approximate surface area is 189 Å². The summed E-state index contributed by atoms with van der Waals surface area (Å²) in [7, 11) is 0. The van der Waals surface area contributed by atoms with Gasteiger partial charge >= 0.3 is 18.2 Å². The number of fused-ring (bicyclic) bond motifs is 1. The number of aromatic amines is 1. The number of nitrogens with zero attached hydrogens (tertiary/aromatic N) is 3. The van der Waals surface area contributed by atoms with Crippen LogP contribution in [0.3, 0.4) is 0 Å². The van der Waals surface area contributed by atoms with Gasteiger partial charge in [-0.1, -0.05) is 26.8 Å². The molecule has 2 unspecified atom stereocenters. The van der Waals surface area contributed by atoms with E-state index in [1.165, 1.54) is 4.90 Å². The lowest BCUT2D eigenvalue weighted by atomic mass is 9.87. The second-order valence-corrected chi connectivity index (χ2v) is 9.68. The van der Waals surface area contributed by atoms with Gasteiger partial charge in [-0.2, -0.15) is 13.2 Å². The number of carbonyl (C=O) groups is 2. The Balaban J connectivity index is 1.86. The van der Waals surface area contributed by atoms with Gasteiger partial charge in [0.05, 0.1) is 17.1 Å². The molecule has 0 aliphatic carbocycles. The van der Waals surface area contributed by atoms with Crippen LogP contribution in [0.4, 0.5) is 18.0 Å². The minimum absolute atomic E-state index is 0.00612. The van der Waals surface area contributed by atoms with Crippen molar-refractivity contribution in [2.24, 2.45) is 5.41 Å². The van der Waals surface area contributed by atoms with Gasteiger partial charge in [-0.25, -0.2) is 4.79 Å². The van der Waals surface area contributed by atoms with Crippen LogP contribution in [0.5, 0.6) is 0 Å². The third-order valence-corrected chi connectivity index (χ3v) is 6.47. The number of hydrogen-bond donors (Lipinski definition) is 3. The molecule has 2 atom stereocenters. The second kappa shape index (κ2) is 8.75. The first-order valence-electron chi connectivity index (χ1n) is 10.8. The van der Waals surface area contributed by atoms with Crippen LogP contribution < -0.4 is 5.62 Å². The molecule has 2 amide bonds. The molecule has 1 aliphatic heterocycles. The molecule has 1 aliphatic rings. The predicted molar refractivity (Wildman–Crippen MR) is 115 cm³/mol. The lowest BCUT2D eigenvalue weighted by Gasteiger charge is -2.36. The van der Waals surface area contributed by atoms with E-state index in [2.05, 4.69) is 4.98 Å². The molecular formula is C22H30F3N5O3. The van der Waals surface area contributed by atoms with E-state index in [4.69, 9.17) is 5.41 Å². The maximum Gasteiger partial charge on any atom is 0.471 e. The molecule has 1 fully saturated rings. The van der Waals surface area contributed by atoms with Crippen molar-refractivity contribution in [3.05, 3.63) is 29.4 Å². The number of aromatic nitrogens is 2. The molecule has 182 valence electrons. The first kappa shape index (κ1) is 24.7. The van der Waals surface area contributed by atoms with Gasteiger partial charge in [0.2, 0.25) is 0 Å². The Hall–Kier alpha value is -2.98. The zero-order chi connectivity index (χ0) is 24.7. The Bertz CT molecular complexity index is 1100. The molecule has 2 heterocycles. The average molecular weight is 470 g/mol. The summed E-state index contributed by atoms with van der Waals surface area (Å²) >= 11 is 0. The number of nitrogens with one attached hydrogen (secondary N) is 2.